The predicted octanol–water partition coefficient (Wildman–Crippen LogP) is 1.80. The Morgan fingerprint density at radius 3 is 2.41 bits per heavy atom. The zero-order valence-corrected chi connectivity index (χ0v) is 18.4. The minimum Gasteiger partial charge on any atom is -0.449 e. The molecule has 9 heteroatoms. The average Bonchev–Trinajstić information content (AvgIpc) is 2.65. The summed E-state index contributed by atoms with van der Waals surface area (Å²) >= 11 is 0. The largest absolute Gasteiger partial charge is 0.449 e. The molecule has 0 spiro atoms. The van der Waals surface area contributed by atoms with E-state index in [9.17, 15) is 18.0 Å². The average molecular weight is 427 g/mol. The monoisotopic (exact) mass is 426 g/mol. The highest BCUT2D eigenvalue weighted by Crippen LogP contribution is 2.22. The number of nitrogens with zero attached hydrogens (tertiary/aromatic N) is 1. The second-order valence-corrected chi connectivity index (χ2v) is 9.73. The maximum Gasteiger partial charge on any atom is 0.338 e. The van der Waals surface area contributed by atoms with Gasteiger partial charge in [-0.25, -0.2) is 13.2 Å². The summed E-state index contributed by atoms with van der Waals surface area (Å²) < 4.78 is 38.1. The van der Waals surface area contributed by atoms with Crippen LogP contribution in [0.2, 0.25) is 0 Å². The third-order valence-corrected chi connectivity index (χ3v) is 6.26. The number of hydrogen-bond donors (Lipinski definition) is 1. The van der Waals surface area contributed by atoms with Gasteiger partial charge in [0.15, 0.2) is 6.10 Å². The summed E-state index contributed by atoms with van der Waals surface area (Å²) in [6.45, 7) is 9.99. The van der Waals surface area contributed by atoms with Gasteiger partial charge in [-0.2, -0.15) is 4.31 Å². The Balaban J connectivity index is 2.12. The summed E-state index contributed by atoms with van der Waals surface area (Å²) in [6.07, 6.45) is -1.42. The topological polar surface area (TPSA) is 102 Å². The molecule has 0 radical (unpaired) electrons. The van der Waals surface area contributed by atoms with Crippen LogP contribution < -0.4 is 5.32 Å². The van der Waals surface area contributed by atoms with E-state index in [1.807, 2.05) is 27.7 Å². The molecule has 1 N–H and O–H groups in total. The first-order chi connectivity index (χ1) is 13.5. The first-order valence-corrected chi connectivity index (χ1v) is 11.2. The zero-order chi connectivity index (χ0) is 21.8. The Kier molecular flexibility index (Phi) is 7.79. The standard InChI is InChI=1S/C20H30N2O6S/c1-13(2)10-21-19(23)16(5)28-20(24)17-7-6-8-18(9-17)29(25,26)22-11-14(3)27-15(4)12-22/h6-9,13-16H,10-12H2,1-5H3,(H,21,23)/t14-,15-,16+/m1/s1. The number of ether oxygens (including phenoxy) is 2. The van der Waals surface area contributed by atoms with Gasteiger partial charge in [0.2, 0.25) is 10.0 Å². The van der Waals surface area contributed by atoms with Crippen molar-refractivity contribution in [2.24, 2.45) is 5.92 Å². The van der Waals surface area contributed by atoms with Gasteiger partial charge in [-0.3, -0.25) is 4.79 Å². The van der Waals surface area contributed by atoms with Crippen LogP contribution in [0.25, 0.3) is 0 Å². The van der Waals surface area contributed by atoms with Crippen LogP contribution in [0.15, 0.2) is 29.2 Å². The SMILES string of the molecule is CC(C)CNC(=O)[C@H](C)OC(=O)c1cccc(S(=O)(=O)N2C[C@@H](C)O[C@H](C)C2)c1. The molecule has 29 heavy (non-hydrogen) atoms. The molecule has 1 amide bonds. The normalized spacial score (nSPS) is 21.6. The first kappa shape index (κ1) is 23.3. The Morgan fingerprint density at radius 1 is 1.21 bits per heavy atom. The molecule has 1 saturated heterocycles. The van der Waals surface area contributed by atoms with E-state index in [4.69, 9.17) is 9.47 Å². The van der Waals surface area contributed by atoms with Crippen LogP contribution in [0.5, 0.6) is 0 Å². The van der Waals surface area contributed by atoms with Crippen molar-refractivity contribution in [3.05, 3.63) is 29.8 Å². The van der Waals surface area contributed by atoms with Crippen LogP contribution in [0.4, 0.5) is 0 Å². The lowest BCUT2D eigenvalue weighted by atomic mass is 10.2. The van der Waals surface area contributed by atoms with E-state index in [2.05, 4.69) is 5.32 Å². The summed E-state index contributed by atoms with van der Waals surface area (Å²) in [7, 11) is -3.78. The molecule has 1 heterocycles. The number of morpholine rings is 1. The minimum atomic E-state index is -3.78. The summed E-state index contributed by atoms with van der Waals surface area (Å²) in [5.41, 5.74) is 0.0731. The van der Waals surface area contributed by atoms with Gasteiger partial charge < -0.3 is 14.8 Å². The molecule has 162 valence electrons. The van der Waals surface area contributed by atoms with Gasteiger partial charge in [0.1, 0.15) is 0 Å². The molecule has 1 aromatic rings. The lowest BCUT2D eigenvalue weighted by Crippen LogP contribution is -2.48. The van der Waals surface area contributed by atoms with Crippen molar-refractivity contribution >= 4 is 21.9 Å². The van der Waals surface area contributed by atoms with Gasteiger partial charge in [0.05, 0.1) is 22.7 Å². The molecule has 1 aromatic carbocycles. The lowest BCUT2D eigenvalue weighted by Gasteiger charge is -2.34. The fraction of sp³-hybridized carbons (Fsp3) is 0.600. The fourth-order valence-corrected chi connectivity index (χ4v) is 4.63. The smallest absolute Gasteiger partial charge is 0.338 e. The number of rotatable bonds is 7. The van der Waals surface area contributed by atoms with Crippen LogP contribution in [0.1, 0.15) is 45.0 Å². The molecule has 1 aliphatic heterocycles. The van der Waals surface area contributed by atoms with Crippen LogP contribution in [0, 0.1) is 5.92 Å². The Morgan fingerprint density at radius 2 is 1.83 bits per heavy atom. The van der Waals surface area contributed by atoms with E-state index >= 15 is 0 Å². The summed E-state index contributed by atoms with van der Waals surface area (Å²) in [5, 5.41) is 2.70. The first-order valence-electron chi connectivity index (χ1n) is 9.75. The molecule has 0 aromatic heterocycles. The Bertz CT molecular complexity index is 829. The summed E-state index contributed by atoms with van der Waals surface area (Å²) in [4.78, 5) is 24.4. The number of carbonyl (C=O) groups excluding carboxylic acids is 2. The second kappa shape index (κ2) is 9.69. The minimum absolute atomic E-state index is 0.00478. The van der Waals surface area contributed by atoms with E-state index in [-0.39, 0.29) is 41.7 Å². The van der Waals surface area contributed by atoms with Crippen molar-refractivity contribution in [3.63, 3.8) is 0 Å². The molecular formula is C20H30N2O6S. The highest BCUT2D eigenvalue weighted by Gasteiger charge is 2.32. The summed E-state index contributed by atoms with van der Waals surface area (Å²) in [5.74, 6) is -0.876. The van der Waals surface area contributed by atoms with Crippen molar-refractivity contribution in [3.8, 4) is 0 Å². The number of hydrogen-bond acceptors (Lipinski definition) is 6. The van der Waals surface area contributed by atoms with E-state index in [1.54, 1.807) is 0 Å². The molecule has 0 saturated carbocycles. The van der Waals surface area contributed by atoms with Crippen molar-refractivity contribution in [2.75, 3.05) is 19.6 Å². The number of benzene rings is 1. The van der Waals surface area contributed by atoms with E-state index in [1.165, 1.54) is 35.5 Å². The highest BCUT2D eigenvalue weighted by molar-refractivity contribution is 7.89. The van der Waals surface area contributed by atoms with Gasteiger partial charge in [0.25, 0.3) is 5.91 Å². The van der Waals surface area contributed by atoms with E-state index in [0.29, 0.717) is 6.54 Å². The molecule has 0 unspecified atom stereocenters. The fourth-order valence-electron chi connectivity index (χ4n) is 2.99. The molecule has 1 fully saturated rings. The van der Waals surface area contributed by atoms with Gasteiger partial charge in [-0.15, -0.1) is 0 Å². The van der Waals surface area contributed by atoms with Crippen molar-refractivity contribution in [1.29, 1.82) is 0 Å². The number of nitrogens with one attached hydrogen (secondary N) is 1. The van der Waals surface area contributed by atoms with Crippen LogP contribution >= 0.6 is 0 Å². The van der Waals surface area contributed by atoms with Gasteiger partial charge in [-0.1, -0.05) is 19.9 Å². The maximum absolute atomic E-state index is 13.0. The van der Waals surface area contributed by atoms with Crippen LogP contribution in [0.3, 0.4) is 0 Å². The van der Waals surface area contributed by atoms with Crippen molar-refractivity contribution in [1.82, 2.24) is 9.62 Å². The van der Waals surface area contributed by atoms with Crippen LogP contribution in [-0.4, -0.2) is 62.5 Å². The van der Waals surface area contributed by atoms with Crippen molar-refractivity contribution < 1.29 is 27.5 Å². The van der Waals surface area contributed by atoms with Gasteiger partial charge >= 0.3 is 5.97 Å². The number of carbonyl (C=O) groups is 2. The lowest BCUT2D eigenvalue weighted by molar-refractivity contribution is -0.129. The number of sulfonamides is 1. The molecule has 1 aliphatic rings. The third kappa shape index (κ3) is 6.25. The van der Waals surface area contributed by atoms with Gasteiger partial charge in [0, 0.05) is 19.6 Å². The zero-order valence-electron chi connectivity index (χ0n) is 17.5. The van der Waals surface area contributed by atoms with E-state index < -0.39 is 28.0 Å². The molecule has 0 bridgehead atoms. The predicted molar refractivity (Wildman–Crippen MR) is 108 cm³/mol. The summed E-state index contributed by atoms with van der Waals surface area (Å²) in [6, 6.07) is 5.67. The van der Waals surface area contributed by atoms with Crippen LogP contribution in [-0.2, 0) is 24.3 Å². The molecule has 0 aliphatic carbocycles. The number of esters is 1. The number of amides is 1. The molecule has 8 nitrogen and oxygen atoms in total. The second-order valence-electron chi connectivity index (χ2n) is 7.79. The van der Waals surface area contributed by atoms with E-state index in [0.717, 1.165) is 0 Å². The van der Waals surface area contributed by atoms with Crippen molar-refractivity contribution in [2.45, 2.75) is 57.8 Å². The Hall–Kier alpha value is -1.97. The molecular weight excluding hydrogens is 396 g/mol. The van der Waals surface area contributed by atoms with Gasteiger partial charge in [-0.05, 0) is 44.9 Å². The molecule has 2 rings (SSSR count). The maximum atomic E-state index is 13.0. The molecule has 3 atom stereocenters. The Labute approximate surface area is 172 Å². The highest BCUT2D eigenvalue weighted by atomic mass is 32.2. The third-order valence-electron chi connectivity index (χ3n) is 4.43. The quantitative estimate of drug-likeness (QED) is 0.667.